The molecule has 0 heterocycles. The highest BCUT2D eigenvalue weighted by Gasteiger charge is 1.97. The Kier molecular flexibility index (Phi) is 19.3. The van der Waals surface area contributed by atoms with Gasteiger partial charge in [-0.05, 0) is 58.8 Å². The molecule has 0 fully saturated rings. The molecule has 0 aromatic heterocycles. The van der Waals surface area contributed by atoms with Gasteiger partial charge >= 0.3 is 5.97 Å². The van der Waals surface area contributed by atoms with E-state index in [0.29, 0.717) is 13.0 Å². The van der Waals surface area contributed by atoms with E-state index in [-0.39, 0.29) is 5.97 Å². The van der Waals surface area contributed by atoms with E-state index in [1.807, 2.05) is 13.0 Å². The van der Waals surface area contributed by atoms with Crippen LogP contribution in [0.4, 0.5) is 0 Å². The molecule has 0 aliphatic heterocycles. The van der Waals surface area contributed by atoms with Gasteiger partial charge in [0.2, 0.25) is 0 Å². The summed E-state index contributed by atoms with van der Waals surface area (Å²) >= 11 is 0. The summed E-state index contributed by atoms with van der Waals surface area (Å²) in [7, 11) is 0. The summed E-state index contributed by atoms with van der Waals surface area (Å²) in [6.07, 6.45) is 33.4. The Morgan fingerprint density at radius 3 is 1.54 bits per heavy atom. The summed E-state index contributed by atoms with van der Waals surface area (Å²) in [5.74, 6) is -0.118. The second-order valence-corrected chi connectivity index (χ2v) is 5.79. The molecule has 26 heavy (non-hydrogen) atoms. The number of hydrogen-bond acceptors (Lipinski definition) is 2. The second-order valence-electron chi connectivity index (χ2n) is 5.79. The van der Waals surface area contributed by atoms with Crippen LogP contribution in [0.3, 0.4) is 0 Å². The van der Waals surface area contributed by atoms with Gasteiger partial charge in [0.25, 0.3) is 0 Å². The Hall–Kier alpha value is -2.09. The van der Waals surface area contributed by atoms with Crippen LogP contribution in [0.2, 0.25) is 0 Å². The zero-order valence-electron chi connectivity index (χ0n) is 16.6. The van der Waals surface area contributed by atoms with E-state index < -0.39 is 0 Å². The molecular weight excluding hydrogens is 320 g/mol. The number of unbranched alkanes of at least 4 members (excludes halogenated alkanes) is 1. The molecule has 0 amide bonds. The van der Waals surface area contributed by atoms with Crippen molar-refractivity contribution in [2.24, 2.45) is 0 Å². The molecule has 0 radical (unpaired) electrons. The lowest BCUT2D eigenvalue weighted by molar-refractivity contribution is -0.142. The summed E-state index contributed by atoms with van der Waals surface area (Å²) in [6, 6.07) is 0. The van der Waals surface area contributed by atoms with Crippen LogP contribution in [0.1, 0.15) is 65.2 Å². The molecule has 0 unspecified atom stereocenters. The van der Waals surface area contributed by atoms with Crippen molar-refractivity contribution >= 4 is 5.97 Å². The molecular formula is C24H36O2. The van der Waals surface area contributed by atoms with Crippen molar-refractivity contribution in [3.05, 3.63) is 72.9 Å². The van der Waals surface area contributed by atoms with Gasteiger partial charge in [-0.25, -0.2) is 0 Å². The van der Waals surface area contributed by atoms with Gasteiger partial charge in [0.1, 0.15) is 0 Å². The summed E-state index contributed by atoms with van der Waals surface area (Å²) in [6.45, 7) is 4.35. The Morgan fingerprint density at radius 2 is 1.08 bits per heavy atom. The smallest absolute Gasteiger partial charge is 0.306 e. The SMILES string of the molecule is C/C=C\CC/C=C\C/C=C\C/C=C\C/C=C\C/C=C\CCC(=O)OCC. The average Bonchev–Trinajstić information content (AvgIpc) is 2.64. The lowest BCUT2D eigenvalue weighted by Gasteiger charge is -1.97. The van der Waals surface area contributed by atoms with Crippen molar-refractivity contribution < 1.29 is 9.53 Å². The minimum absolute atomic E-state index is 0.118. The minimum Gasteiger partial charge on any atom is -0.466 e. The maximum Gasteiger partial charge on any atom is 0.306 e. The number of ether oxygens (including phenoxy) is 1. The van der Waals surface area contributed by atoms with Gasteiger partial charge < -0.3 is 4.74 Å². The van der Waals surface area contributed by atoms with Crippen molar-refractivity contribution in [3.8, 4) is 0 Å². The van der Waals surface area contributed by atoms with Crippen LogP contribution in [-0.2, 0) is 9.53 Å². The molecule has 144 valence electrons. The number of rotatable bonds is 15. The van der Waals surface area contributed by atoms with Crippen LogP contribution in [-0.4, -0.2) is 12.6 Å². The van der Waals surface area contributed by atoms with Crippen LogP contribution >= 0.6 is 0 Å². The van der Waals surface area contributed by atoms with Gasteiger partial charge in [-0.2, -0.15) is 0 Å². The fraction of sp³-hybridized carbons (Fsp3) is 0.458. The third-order valence-electron chi connectivity index (χ3n) is 3.48. The van der Waals surface area contributed by atoms with Crippen LogP contribution in [0.25, 0.3) is 0 Å². The monoisotopic (exact) mass is 356 g/mol. The van der Waals surface area contributed by atoms with Crippen molar-refractivity contribution in [2.45, 2.75) is 65.2 Å². The quantitative estimate of drug-likeness (QED) is 0.179. The van der Waals surface area contributed by atoms with E-state index in [1.54, 1.807) is 0 Å². The first-order valence-electron chi connectivity index (χ1n) is 9.83. The van der Waals surface area contributed by atoms with Crippen LogP contribution in [0, 0.1) is 0 Å². The topological polar surface area (TPSA) is 26.3 Å². The van der Waals surface area contributed by atoms with Crippen LogP contribution < -0.4 is 0 Å². The lowest BCUT2D eigenvalue weighted by atomic mass is 10.2. The zero-order valence-corrected chi connectivity index (χ0v) is 16.6. The van der Waals surface area contributed by atoms with E-state index in [9.17, 15) is 4.79 Å². The normalized spacial score (nSPS) is 12.8. The fourth-order valence-electron chi connectivity index (χ4n) is 2.11. The first kappa shape index (κ1) is 23.9. The summed E-state index contributed by atoms with van der Waals surface area (Å²) in [4.78, 5) is 11.1. The predicted molar refractivity (Wildman–Crippen MR) is 114 cm³/mol. The molecule has 2 nitrogen and oxygen atoms in total. The number of carbonyl (C=O) groups is 1. The first-order valence-corrected chi connectivity index (χ1v) is 9.83. The van der Waals surface area contributed by atoms with Crippen molar-refractivity contribution in [1.82, 2.24) is 0 Å². The van der Waals surface area contributed by atoms with Crippen molar-refractivity contribution in [1.29, 1.82) is 0 Å². The fourth-order valence-corrected chi connectivity index (χ4v) is 2.11. The molecule has 0 aromatic carbocycles. The zero-order chi connectivity index (χ0) is 19.1. The van der Waals surface area contributed by atoms with Gasteiger partial charge in [0.05, 0.1) is 6.61 Å². The molecule has 0 aliphatic carbocycles. The maximum absolute atomic E-state index is 11.1. The summed E-state index contributed by atoms with van der Waals surface area (Å²) in [5, 5.41) is 0. The van der Waals surface area contributed by atoms with Crippen molar-refractivity contribution in [2.75, 3.05) is 6.61 Å². The van der Waals surface area contributed by atoms with Crippen LogP contribution in [0.5, 0.6) is 0 Å². The highest BCUT2D eigenvalue weighted by Crippen LogP contribution is 1.99. The summed E-state index contributed by atoms with van der Waals surface area (Å²) in [5.41, 5.74) is 0. The molecule has 0 aliphatic rings. The average molecular weight is 357 g/mol. The van der Waals surface area contributed by atoms with E-state index in [4.69, 9.17) is 4.74 Å². The predicted octanol–water partition coefficient (Wildman–Crippen LogP) is 7.03. The standard InChI is InChI=1S/C24H36O2/c1-3-5-6-7-8-9-10-11-12-13-14-15-16-17-18-19-20-21-22-23-24(25)26-4-2/h3,5,8-9,11-12,14-15,17-18,20-21H,4,6-7,10,13,16,19,22-23H2,1-2H3/b5-3-,9-8-,12-11-,15-14-,18-17-,21-20-. The number of carbonyl (C=O) groups excluding carboxylic acids is 1. The number of hydrogen-bond donors (Lipinski definition) is 0. The number of esters is 1. The molecule has 0 bridgehead atoms. The first-order chi connectivity index (χ1) is 12.8. The van der Waals surface area contributed by atoms with E-state index in [1.165, 1.54) is 0 Å². The van der Waals surface area contributed by atoms with E-state index >= 15 is 0 Å². The molecule has 0 saturated heterocycles. The van der Waals surface area contributed by atoms with Crippen LogP contribution in [0.15, 0.2) is 72.9 Å². The largest absolute Gasteiger partial charge is 0.466 e. The molecule has 0 aromatic rings. The lowest BCUT2D eigenvalue weighted by Crippen LogP contribution is -2.02. The molecule has 0 rings (SSSR count). The molecule has 2 heteroatoms. The molecule has 0 atom stereocenters. The third kappa shape index (κ3) is 20.0. The number of allylic oxidation sites excluding steroid dienone is 12. The molecule has 0 saturated carbocycles. The van der Waals surface area contributed by atoms with E-state index in [2.05, 4.69) is 73.8 Å². The highest BCUT2D eigenvalue weighted by molar-refractivity contribution is 5.69. The highest BCUT2D eigenvalue weighted by atomic mass is 16.5. The Labute approximate surface area is 160 Å². The molecule has 0 spiro atoms. The van der Waals surface area contributed by atoms with Gasteiger partial charge in [0, 0.05) is 6.42 Å². The van der Waals surface area contributed by atoms with Gasteiger partial charge in [-0.3, -0.25) is 4.79 Å². The third-order valence-corrected chi connectivity index (χ3v) is 3.48. The minimum atomic E-state index is -0.118. The Balaban J connectivity index is 3.52. The second kappa shape index (κ2) is 21.0. The Bertz CT molecular complexity index is 490. The maximum atomic E-state index is 11.1. The van der Waals surface area contributed by atoms with Gasteiger partial charge in [0.15, 0.2) is 0 Å². The molecule has 0 N–H and O–H groups in total. The van der Waals surface area contributed by atoms with E-state index in [0.717, 1.165) is 44.9 Å². The van der Waals surface area contributed by atoms with Crippen molar-refractivity contribution in [3.63, 3.8) is 0 Å². The summed E-state index contributed by atoms with van der Waals surface area (Å²) < 4.78 is 4.87. The van der Waals surface area contributed by atoms with Gasteiger partial charge in [-0.1, -0.05) is 72.9 Å². The Morgan fingerprint density at radius 1 is 0.654 bits per heavy atom. The van der Waals surface area contributed by atoms with Gasteiger partial charge in [-0.15, -0.1) is 0 Å².